The molecule has 4 heteroatoms. The van der Waals surface area contributed by atoms with Gasteiger partial charge in [0, 0.05) is 18.9 Å². The molecule has 2 aromatic carbocycles. The smallest absolute Gasteiger partial charge is 0.107 e. The van der Waals surface area contributed by atoms with Gasteiger partial charge in [-0.1, -0.05) is 48.0 Å². The fourth-order valence-electron chi connectivity index (χ4n) is 5.77. The quantitative estimate of drug-likeness (QED) is 0.506. The summed E-state index contributed by atoms with van der Waals surface area (Å²) in [7, 11) is 2.18. The van der Waals surface area contributed by atoms with E-state index in [-0.39, 0.29) is 5.92 Å². The van der Waals surface area contributed by atoms with Crippen LogP contribution in [0.2, 0.25) is 0 Å². The molecule has 2 N–H and O–H groups in total. The molecule has 4 nitrogen and oxygen atoms in total. The molecule has 1 saturated carbocycles. The van der Waals surface area contributed by atoms with E-state index in [1.165, 1.54) is 23.1 Å². The number of nitrogens with one attached hydrogen (secondary N) is 1. The van der Waals surface area contributed by atoms with Gasteiger partial charge in [0.15, 0.2) is 0 Å². The first kappa shape index (κ1) is 21.4. The van der Waals surface area contributed by atoms with Crippen LogP contribution in [0.15, 0.2) is 54.6 Å². The summed E-state index contributed by atoms with van der Waals surface area (Å²) < 4.78 is 0. The molecule has 0 saturated heterocycles. The van der Waals surface area contributed by atoms with Gasteiger partial charge in [0.1, 0.15) is 5.82 Å². The van der Waals surface area contributed by atoms with Crippen LogP contribution < -0.4 is 0 Å². The van der Waals surface area contributed by atoms with Gasteiger partial charge >= 0.3 is 0 Å². The molecule has 32 heavy (non-hydrogen) atoms. The second-order valence-electron chi connectivity index (χ2n) is 10.0. The topological polar surface area (TPSA) is 52.1 Å². The average molecular weight is 430 g/mol. The highest BCUT2D eigenvalue weighted by atomic mass is 16.3. The maximum atomic E-state index is 11.5. The Bertz CT molecular complexity index is 1080. The summed E-state index contributed by atoms with van der Waals surface area (Å²) in [6.45, 7) is 4.12. The molecule has 6 rings (SSSR count). The highest BCUT2D eigenvalue weighted by Gasteiger charge is 2.46. The van der Waals surface area contributed by atoms with Crippen LogP contribution in [0.3, 0.4) is 0 Å². The average Bonchev–Trinajstić information content (AvgIpc) is 3.21. The zero-order valence-corrected chi connectivity index (χ0v) is 19.3. The highest BCUT2D eigenvalue weighted by molar-refractivity contribution is 5.74. The maximum absolute atomic E-state index is 11.5. The van der Waals surface area contributed by atoms with E-state index in [1.54, 1.807) is 0 Å². The van der Waals surface area contributed by atoms with E-state index < -0.39 is 5.60 Å². The Hall–Kier alpha value is -2.43. The Morgan fingerprint density at radius 1 is 1.12 bits per heavy atom. The van der Waals surface area contributed by atoms with Gasteiger partial charge in [0.05, 0.1) is 16.6 Å². The summed E-state index contributed by atoms with van der Waals surface area (Å²) in [5.74, 6) is 1.84. The number of benzene rings is 2. The molecule has 3 aliphatic carbocycles. The van der Waals surface area contributed by atoms with Crippen LogP contribution in [0.5, 0.6) is 0 Å². The SMILES string of the molecule is Cc1cccc(C2=C[C@@H]3CC[C@H]2C[C@]3(O)CCN(C)CCCc2nc3ccccc3[nH]2)c1. The van der Waals surface area contributed by atoms with Gasteiger partial charge in [-0.3, -0.25) is 0 Å². The molecule has 1 heterocycles. The minimum absolute atomic E-state index is 0.284. The lowest BCUT2D eigenvalue weighted by Crippen LogP contribution is -2.48. The number of H-pyrrole nitrogens is 1. The minimum atomic E-state index is -0.552. The molecule has 0 spiro atoms. The van der Waals surface area contributed by atoms with Gasteiger partial charge in [-0.2, -0.15) is 0 Å². The predicted octanol–water partition coefficient (Wildman–Crippen LogP) is 5.37. The minimum Gasteiger partial charge on any atom is -0.389 e. The Morgan fingerprint density at radius 3 is 2.78 bits per heavy atom. The summed E-state index contributed by atoms with van der Waals surface area (Å²) in [6, 6.07) is 17.0. The zero-order chi connectivity index (χ0) is 22.1. The number of aryl methyl sites for hydroxylation is 2. The number of rotatable bonds is 8. The third kappa shape index (κ3) is 4.39. The van der Waals surface area contributed by atoms with Crippen molar-refractivity contribution in [1.82, 2.24) is 14.9 Å². The Balaban J connectivity index is 1.14. The number of aliphatic hydroxyl groups is 1. The van der Waals surface area contributed by atoms with E-state index in [0.717, 1.165) is 62.1 Å². The van der Waals surface area contributed by atoms with E-state index in [4.69, 9.17) is 0 Å². The molecule has 3 aromatic rings. The van der Waals surface area contributed by atoms with E-state index in [0.29, 0.717) is 5.92 Å². The Labute approximate surface area is 191 Å². The van der Waals surface area contributed by atoms with Crippen LogP contribution in [0.25, 0.3) is 16.6 Å². The molecule has 0 amide bonds. The highest BCUT2D eigenvalue weighted by Crippen LogP contribution is 2.51. The summed E-state index contributed by atoms with van der Waals surface area (Å²) >= 11 is 0. The van der Waals surface area contributed by atoms with Gasteiger partial charge in [-0.15, -0.1) is 0 Å². The zero-order valence-electron chi connectivity index (χ0n) is 19.3. The van der Waals surface area contributed by atoms with Crippen molar-refractivity contribution in [3.63, 3.8) is 0 Å². The van der Waals surface area contributed by atoms with Crippen LogP contribution in [0.1, 0.15) is 49.1 Å². The molecular weight excluding hydrogens is 394 g/mol. The number of aromatic amines is 1. The van der Waals surface area contributed by atoms with E-state index in [1.807, 2.05) is 12.1 Å². The van der Waals surface area contributed by atoms with Crippen LogP contribution in [0.4, 0.5) is 0 Å². The molecule has 1 aromatic heterocycles. The number of nitrogens with zero attached hydrogens (tertiary/aromatic N) is 2. The third-order valence-corrected chi connectivity index (χ3v) is 7.61. The lowest BCUT2D eigenvalue weighted by atomic mass is 9.61. The van der Waals surface area contributed by atoms with Crippen LogP contribution in [-0.2, 0) is 6.42 Å². The second-order valence-corrected chi connectivity index (χ2v) is 10.0. The fraction of sp³-hybridized carbons (Fsp3) is 0.464. The standard InChI is InChI=1S/C28H35N3O/c1-20-7-5-8-21(17-20)24-18-23-13-12-22(24)19-28(23,32)14-16-31(2)15-6-11-27-29-25-9-3-4-10-26(25)30-27/h3-5,7-10,17-18,22-23,32H,6,11-16,19H2,1-2H3,(H,29,30)/t22-,23-,28+/m0/s1. The molecule has 168 valence electrons. The number of allylic oxidation sites excluding steroid dienone is 1. The van der Waals surface area contributed by atoms with Crippen LogP contribution in [-0.4, -0.2) is 45.7 Å². The van der Waals surface area contributed by atoms with Crippen molar-refractivity contribution < 1.29 is 5.11 Å². The van der Waals surface area contributed by atoms with Crippen molar-refractivity contribution in [2.45, 2.75) is 51.0 Å². The third-order valence-electron chi connectivity index (χ3n) is 7.61. The number of aromatic nitrogens is 2. The molecule has 3 atom stereocenters. The second kappa shape index (κ2) is 8.84. The van der Waals surface area contributed by atoms with Crippen molar-refractivity contribution in [1.29, 1.82) is 0 Å². The van der Waals surface area contributed by atoms with Gasteiger partial charge in [0.2, 0.25) is 0 Å². The van der Waals surface area contributed by atoms with Crippen molar-refractivity contribution in [3.05, 3.63) is 71.6 Å². The van der Waals surface area contributed by atoms with Crippen molar-refractivity contribution in [2.75, 3.05) is 20.1 Å². The molecule has 2 bridgehead atoms. The lowest BCUT2D eigenvalue weighted by Gasteiger charge is -2.48. The summed E-state index contributed by atoms with van der Waals surface area (Å²) in [6.07, 6.45) is 8.51. The predicted molar refractivity (Wildman–Crippen MR) is 131 cm³/mol. The van der Waals surface area contributed by atoms with Crippen molar-refractivity contribution in [3.8, 4) is 0 Å². The molecule has 1 fully saturated rings. The van der Waals surface area contributed by atoms with Crippen LogP contribution >= 0.6 is 0 Å². The van der Waals surface area contributed by atoms with Crippen LogP contribution in [0, 0.1) is 18.8 Å². The van der Waals surface area contributed by atoms with Gasteiger partial charge in [-0.25, -0.2) is 4.98 Å². The number of hydrogen-bond acceptors (Lipinski definition) is 3. The van der Waals surface area contributed by atoms with Gasteiger partial charge in [-0.05, 0) is 81.8 Å². The fourth-order valence-corrected chi connectivity index (χ4v) is 5.77. The first-order valence-corrected chi connectivity index (χ1v) is 12.1. The summed E-state index contributed by atoms with van der Waals surface area (Å²) in [5, 5.41) is 11.5. The number of imidazole rings is 1. The summed E-state index contributed by atoms with van der Waals surface area (Å²) in [4.78, 5) is 10.5. The molecule has 3 aliphatic rings. The number of para-hydroxylation sites is 2. The lowest BCUT2D eigenvalue weighted by molar-refractivity contribution is -0.0574. The molecule has 0 aliphatic heterocycles. The van der Waals surface area contributed by atoms with Gasteiger partial charge in [0.25, 0.3) is 0 Å². The maximum Gasteiger partial charge on any atom is 0.107 e. The first-order chi connectivity index (χ1) is 15.5. The first-order valence-electron chi connectivity index (χ1n) is 12.1. The van der Waals surface area contributed by atoms with E-state index >= 15 is 0 Å². The molecular formula is C28H35N3O. The monoisotopic (exact) mass is 429 g/mol. The molecule has 0 unspecified atom stereocenters. The van der Waals surface area contributed by atoms with Gasteiger partial charge < -0.3 is 15.0 Å². The van der Waals surface area contributed by atoms with Crippen molar-refractivity contribution >= 4 is 16.6 Å². The summed E-state index contributed by atoms with van der Waals surface area (Å²) in [5.41, 5.74) is 5.73. The number of hydrogen-bond donors (Lipinski definition) is 2. The number of fused-ring (bicyclic) bond motifs is 3. The largest absolute Gasteiger partial charge is 0.389 e. The van der Waals surface area contributed by atoms with E-state index in [9.17, 15) is 5.11 Å². The Kier molecular flexibility index (Phi) is 5.92. The van der Waals surface area contributed by atoms with Crippen molar-refractivity contribution in [2.24, 2.45) is 11.8 Å². The Morgan fingerprint density at radius 2 is 2.00 bits per heavy atom. The van der Waals surface area contributed by atoms with E-state index in [2.05, 4.69) is 71.3 Å². The normalized spacial score (nSPS) is 24.9. The molecule has 0 radical (unpaired) electrons.